The monoisotopic (exact) mass is 455 g/mol. The average Bonchev–Trinajstić information content (AvgIpc) is 3.38. The molecule has 1 amide bonds. The molecule has 1 aliphatic heterocycles. The minimum Gasteiger partial charge on any atom is -0.346 e. The van der Waals surface area contributed by atoms with E-state index in [0.29, 0.717) is 17.6 Å². The predicted molar refractivity (Wildman–Crippen MR) is 126 cm³/mol. The fourth-order valence-corrected chi connectivity index (χ4v) is 5.29. The van der Waals surface area contributed by atoms with Gasteiger partial charge in [-0.1, -0.05) is 12.1 Å². The van der Waals surface area contributed by atoms with Gasteiger partial charge in [-0.15, -0.1) is 0 Å². The van der Waals surface area contributed by atoms with Crippen molar-refractivity contribution in [2.75, 3.05) is 18.4 Å². The van der Waals surface area contributed by atoms with E-state index in [1.54, 1.807) is 6.07 Å². The fraction of sp³-hybridized carbons (Fsp3) is 0.231. The molecule has 0 unspecified atom stereocenters. The van der Waals surface area contributed by atoms with Crippen LogP contribution in [0.4, 0.5) is 10.1 Å². The summed E-state index contributed by atoms with van der Waals surface area (Å²) in [6, 6.07) is 9.02. The third-order valence-electron chi connectivity index (χ3n) is 7.02. The van der Waals surface area contributed by atoms with E-state index < -0.39 is 11.7 Å². The van der Waals surface area contributed by atoms with Crippen LogP contribution in [-0.4, -0.2) is 39.7 Å². The van der Waals surface area contributed by atoms with Crippen LogP contribution in [0.15, 0.2) is 55.1 Å². The summed E-state index contributed by atoms with van der Waals surface area (Å²) in [5, 5.41) is 6.86. The summed E-state index contributed by atoms with van der Waals surface area (Å²) in [5.41, 5.74) is 5.04. The van der Waals surface area contributed by atoms with E-state index in [2.05, 4.69) is 31.7 Å². The summed E-state index contributed by atoms with van der Waals surface area (Å²) >= 11 is 0. The van der Waals surface area contributed by atoms with Crippen LogP contribution in [0.2, 0.25) is 0 Å². The first kappa shape index (κ1) is 20.7. The van der Waals surface area contributed by atoms with Gasteiger partial charge in [-0.3, -0.25) is 14.6 Å². The number of aromatic nitrogens is 3. The maximum absolute atomic E-state index is 13.4. The number of piperidine rings is 1. The normalized spacial score (nSPS) is 16.7. The number of carbonyl (C=O) groups excluding carboxylic acids is 2. The number of halogens is 1. The summed E-state index contributed by atoms with van der Waals surface area (Å²) in [5.74, 6) is -0.710. The summed E-state index contributed by atoms with van der Waals surface area (Å²) in [7, 11) is 0. The van der Waals surface area contributed by atoms with E-state index >= 15 is 0 Å². The molecule has 8 heteroatoms. The SMILES string of the molecule is O=C(Nc1cncc(F)c1)c1cnc2[nH]cc(-c3ccc4c(c3)C3(CCNCC3)CC4=O)c2c1. The van der Waals surface area contributed by atoms with Crippen LogP contribution >= 0.6 is 0 Å². The van der Waals surface area contributed by atoms with Gasteiger partial charge in [0, 0.05) is 46.8 Å². The molecular weight excluding hydrogens is 433 g/mol. The Morgan fingerprint density at radius 1 is 1.06 bits per heavy atom. The molecule has 0 atom stereocenters. The van der Waals surface area contributed by atoms with Crippen LogP contribution < -0.4 is 10.6 Å². The predicted octanol–water partition coefficient (Wildman–Crippen LogP) is 4.22. The molecule has 2 aliphatic rings. The number of fused-ring (bicyclic) bond motifs is 3. The molecule has 0 bridgehead atoms. The second-order valence-electron chi connectivity index (χ2n) is 9.06. The van der Waals surface area contributed by atoms with Gasteiger partial charge in [0.05, 0.1) is 23.6 Å². The van der Waals surface area contributed by atoms with Gasteiger partial charge >= 0.3 is 0 Å². The van der Waals surface area contributed by atoms with E-state index in [1.807, 2.05) is 18.3 Å². The second kappa shape index (κ2) is 7.85. The molecular formula is C26H22FN5O2. The molecule has 1 saturated heterocycles. The number of hydrogen-bond acceptors (Lipinski definition) is 5. The van der Waals surface area contributed by atoms with Gasteiger partial charge in [0.2, 0.25) is 0 Å². The van der Waals surface area contributed by atoms with Crippen LogP contribution in [0.3, 0.4) is 0 Å². The molecule has 0 radical (unpaired) electrons. The van der Waals surface area contributed by atoms with E-state index in [9.17, 15) is 14.0 Å². The van der Waals surface area contributed by atoms with Crippen LogP contribution in [-0.2, 0) is 5.41 Å². The zero-order valence-electron chi connectivity index (χ0n) is 18.3. The van der Waals surface area contributed by atoms with Crippen molar-refractivity contribution in [3.05, 3.63) is 77.6 Å². The van der Waals surface area contributed by atoms with E-state index in [4.69, 9.17) is 0 Å². The molecule has 34 heavy (non-hydrogen) atoms. The largest absolute Gasteiger partial charge is 0.346 e. The number of ketones is 1. The number of rotatable bonds is 3. The molecule has 4 aromatic rings. The highest BCUT2D eigenvalue weighted by Gasteiger charge is 2.43. The van der Waals surface area contributed by atoms with Crippen molar-refractivity contribution >= 4 is 28.4 Å². The Labute approximate surface area is 194 Å². The van der Waals surface area contributed by atoms with Crippen molar-refractivity contribution in [1.29, 1.82) is 0 Å². The smallest absolute Gasteiger partial charge is 0.257 e. The number of nitrogens with zero attached hydrogens (tertiary/aromatic N) is 2. The third-order valence-corrected chi connectivity index (χ3v) is 7.02. The van der Waals surface area contributed by atoms with Crippen LogP contribution in [0.1, 0.15) is 45.5 Å². The molecule has 1 aromatic carbocycles. The van der Waals surface area contributed by atoms with Crippen molar-refractivity contribution in [2.45, 2.75) is 24.7 Å². The first-order valence-electron chi connectivity index (χ1n) is 11.3. The van der Waals surface area contributed by atoms with Gasteiger partial charge in [-0.05, 0) is 49.2 Å². The lowest BCUT2D eigenvalue weighted by molar-refractivity contribution is 0.0963. The van der Waals surface area contributed by atoms with Gasteiger partial charge in [0.25, 0.3) is 5.91 Å². The molecule has 3 N–H and O–H groups in total. The Bertz CT molecular complexity index is 1450. The molecule has 1 spiro atoms. The number of carbonyl (C=O) groups is 2. The minimum atomic E-state index is -0.527. The highest BCUT2D eigenvalue weighted by atomic mass is 19.1. The zero-order chi connectivity index (χ0) is 23.3. The molecule has 3 aromatic heterocycles. The lowest BCUT2D eigenvalue weighted by Gasteiger charge is -2.34. The highest BCUT2D eigenvalue weighted by Crippen LogP contribution is 2.46. The number of H-pyrrole nitrogens is 1. The molecule has 1 fully saturated rings. The highest BCUT2D eigenvalue weighted by molar-refractivity contribution is 6.07. The number of anilines is 1. The number of nitrogens with one attached hydrogen (secondary N) is 3. The molecule has 0 saturated carbocycles. The van der Waals surface area contributed by atoms with Crippen molar-refractivity contribution < 1.29 is 14.0 Å². The van der Waals surface area contributed by atoms with Gasteiger partial charge in [0.15, 0.2) is 5.78 Å². The summed E-state index contributed by atoms with van der Waals surface area (Å²) in [4.78, 5) is 36.8. The van der Waals surface area contributed by atoms with Crippen molar-refractivity contribution in [3.8, 4) is 11.1 Å². The molecule has 170 valence electrons. The Balaban J connectivity index is 1.38. The maximum Gasteiger partial charge on any atom is 0.257 e. The Kier molecular flexibility index (Phi) is 4.77. The second-order valence-corrected chi connectivity index (χ2v) is 9.06. The fourth-order valence-electron chi connectivity index (χ4n) is 5.29. The number of pyridine rings is 2. The average molecular weight is 455 g/mol. The van der Waals surface area contributed by atoms with E-state index in [1.165, 1.54) is 18.5 Å². The standard InChI is InChI=1S/C26H22FN5O2/c27-17-9-18(13-29-12-17)32-25(34)16-7-20-21(14-31-24(20)30-11-16)15-1-2-19-22(8-15)26(10-23(19)33)3-5-28-6-4-26/h1-2,7-9,11-14,28H,3-6,10H2,(H,30,31)(H,32,34). The van der Waals surface area contributed by atoms with Crippen molar-refractivity contribution in [1.82, 2.24) is 20.3 Å². The Morgan fingerprint density at radius 3 is 2.74 bits per heavy atom. The van der Waals surface area contributed by atoms with E-state index in [-0.39, 0.29) is 16.9 Å². The number of aromatic amines is 1. The summed E-state index contributed by atoms with van der Waals surface area (Å²) in [6.07, 6.45) is 8.29. The van der Waals surface area contributed by atoms with Gasteiger partial charge < -0.3 is 15.6 Å². The topological polar surface area (TPSA) is 99.8 Å². The molecule has 1 aliphatic carbocycles. The van der Waals surface area contributed by atoms with E-state index in [0.717, 1.165) is 59.8 Å². The lowest BCUT2D eigenvalue weighted by Crippen LogP contribution is -2.38. The number of amides is 1. The number of benzene rings is 1. The van der Waals surface area contributed by atoms with Crippen molar-refractivity contribution in [2.24, 2.45) is 0 Å². The van der Waals surface area contributed by atoms with Crippen molar-refractivity contribution in [3.63, 3.8) is 0 Å². The molecule has 7 nitrogen and oxygen atoms in total. The lowest BCUT2D eigenvalue weighted by atomic mass is 9.74. The third kappa shape index (κ3) is 3.38. The summed E-state index contributed by atoms with van der Waals surface area (Å²) in [6.45, 7) is 1.82. The Hall–Kier alpha value is -3.91. The number of Topliss-reactive ketones (excluding diaryl/α,β-unsaturated/α-hetero) is 1. The minimum absolute atomic E-state index is 0.0952. The van der Waals surface area contributed by atoms with Gasteiger partial charge in [0.1, 0.15) is 11.5 Å². The Morgan fingerprint density at radius 2 is 1.91 bits per heavy atom. The van der Waals surface area contributed by atoms with Crippen LogP contribution in [0, 0.1) is 5.82 Å². The quantitative estimate of drug-likeness (QED) is 0.430. The maximum atomic E-state index is 13.4. The van der Waals surface area contributed by atoms with Crippen LogP contribution in [0.5, 0.6) is 0 Å². The van der Waals surface area contributed by atoms with Gasteiger partial charge in [-0.25, -0.2) is 9.37 Å². The summed E-state index contributed by atoms with van der Waals surface area (Å²) < 4.78 is 13.4. The molecule has 4 heterocycles. The number of hydrogen-bond donors (Lipinski definition) is 3. The molecule has 6 rings (SSSR count). The zero-order valence-corrected chi connectivity index (χ0v) is 18.3. The first-order chi connectivity index (χ1) is 16.5. The van der Waals surface area contributed by atoms with Crippen LogP contribution in [0.25, 0.3) is 22.2 Å². The van der Waals surface area contributed by atoms with Gasteiger partial charge in [-0.2, -0.15) is 0 Å². The first-order valence-corrected chi connectivity index (χ1v) is 11.3.